The molecule has 2 N–H and O–H groups in total. The molecule has 0 spiro atoms. The zero-order valence-electron chi connectivity index (χ0n) is 11.4. The first-order chi connectivity index (χ1) is 10.3. The molecule has 0 saturated heterocycles. The van der Waals surface area contributed by atoms with Crippen LogP contribution in [-0.4, -0.2) is 14.3 Å². The predicted molar refractivity (Wildman–Crippen MR) is 77.9 cm³/mol. The highest BCUT2D eigenvalue weighted by atomic mass is 32.2. The number of halogens is 2. The van der Waals surface area contributed by atoms with E-state index in [-0.39, 0.29) is 22.2 Å². The fraction of sp³-hybridized carbons (Fsp3) is 0.0714. The summed E-state index contributed by atoms with van der Waals surface area (Å²) in [7, 11) is -4.07. The molecule has 0 unspecified atom stereocenters. The number of anilines is 2. The Labute approximate surface area is 126 Å². The zero-order chi connectivity index (χ0) is 16.3. The van der Waals surface area contributed by atoms with Crippen LogP contribution in [-0.2, 0) is 14.8 Å². The van der Waals surface area contributed by atoms with Gasteiger partial charge in [0.15, 0.2) is 0 Å². The number of amides is 1. The van der Waals surface area contributed by atoms with Crippen molar-refractivity contribution in [3.63, 3.8) is 0 Å². The van der Waals surface area contributed by atoms with E-state index in [2.05, 4.69) is 10.0 Å². The first-order valence-corrected chi connectivity index (χ1v) is 7.62. The summed E-state index contributed by atoms with van der Waals surface area (Å²) in [6.07, 6.45) is 0. The van der Waals surface area contributed by atoms with Crippen LogP contribution < -0.4 is 10.0 Å². The van der Waals surface area contributed by atoms with Gasteiger partial charge < -0.3 is 5.32 Å². The van der Waals surface area contributed by atoms with Crippen molar-refractivity contribution >= 4 is 27.3 Å². The van der Waals surface area contributed by atoms with Crippen molar-refractivity contribution in [3.05, 3.63) is 54.1 Å². The van der Waals surface area contributed by atoms with E-state index in [9.17, 15) is 22.0 Å². The Balaban J connectivity index is 2.32. The Bertz CT molecular complexity index is 805. The van der Waals surface area contributed by atoms with Crippen molar-refractivity contribution in [1.82, 2.24) is 0 Å². The fourth-order valence-electron chi connectivity index (χ4n) is 1.70. The minimum absolute atomic E-state index is 0.210. The lowest BCUT2D eigenvalue weighted by Gasteiger charge is -2.11. The molecule has 5 nitrogen and oxygen atoms in total. The standard InChI is InChI=1S/C14H12F2N2O3S/c1-9(19)17-11-4-7-13(16)14(8-11)18-22(20,21)12-5-2-10(15)3-6-12/h2-8,18H,1H3,(H,17,19). The number of hydrogen-bond acceptors (Lipinski definition) is 3. The zero-order valence-corrected chi connectivity index (χ0v) is 12.2. The summed E-state index contributed by atoms with van der Waals surface area (Å²) in [5, 5.41) is 2.42. The van der Waals surface area contributed by atoms with Crippen molar-refractivity contribution in [1.29, 1.82) is 0 Å². The molecule has 0 fully saturated rings. The molecule has 0 bridgehead atoms. The van der Waals surface area contributed by atoms with Crippen LogP contribution in [0.4, 0.5) is 20.2 Å². The van der Waals surface area contributed by atoms with Gasteiger partial charge in [-0.25, -0.2) is 17.2 Å². The van der Waals surface area contributed by atoms with E-state index in [0.29, 0.717) is 0 Å². The molecule has 0 radical (unpaired) electrons. The highest BCUT2D eigenvalue weighted by Crippen LogP contribution is 2.23. The van der Waals surface area contributed by atoms with E-state index in [1.165, 1.54) is 13.0 Å². The van der Waals surface area contributed by atoms with Gasteiger partial charge in [-0.05, 0) is 42.5 Å². The number of nitrogens with one attached hydrogen (secondary N) is 2. The normalized spacial score (nSPS) is 11.0. The minimum atomic E-state index is -4.07. The van der Waals surface area contributed by atoms with Gasteiger partial charge >= 0.3 is 0 Å². The monoisotopic (exact) mass is 326 g/mol. The van der Waals surface area contributed by atoms with Crippen molar-refractivity contribution in [3.8, 4) is 0 Å². The lowest BCUT2D eigenvalue weighted by molar-refractivity contribution is -0.114. The van der Waals surface area contributed by atoms with Gasteiger partial charge in [0.25, 0.3) is 10.0 Å². The van der Waals surface area contributed by atoms with Gasteiger partial charge in [-0.1, -0.05) is 0 Å². The van der Waals surface area contributed by atoms with Gasteiger partial charge in [0, 0.05) is 12.6 Å². The lowest BCUT2D eigenvalue weighted by Crippen LogP contribution is -2.14. The second-order valence-electron chi connectivity index (χ2n) is 4.44. The fourth-order valence-corrected chi connectivity index (χ4v) is 2.76. The molecule has 2 aromatic carbocycles. The molecule has 1 amide bonds. The Morgan fingerprint density at radius 3 is 2.27 bits per heavy atom. The van der Waals surface area contributed by atoms with Gasteiger partial charge in [-0.3, -0.25) is 9.52 Å². The molecule has 0 heterocycles. The number of benzene rings is 2. The van der Waals surface area contributed by atoms with E-state index in [4.69, 9.17) is 0 Å². The largest absolute Gasteiger partial charge is 0.326 e. The van der Waals surface area contributed by atoms with E-state index < -0.39 is 21.7 Å². The van der Waals surface area contributed by atoms with Crippen LogP contribution in [0.3, 0.4) is 0 Å². The number of hydrogen-bond donors (Lipinski definition) is 2. The number of carbonyl (C=O) groups is 1. The topological polar surface area (TPSA) is 75.3 Å². The van der Waals surface area contributed by atoms with Gasteiger partial charge in [0.05, 0.1) is 10.6 Å². The van der Waals surface area contributed by atoms with E-state index in [1.54, 1.807) is 0 Å². The van der Waals surface area contributed by atoms with Crippen LogP contribution in [0.1, 0.15) is 6.92 Å². The second-order valence-corrected chi connectivity index (χ2v) is 6.12. The third-order valence-electron chi connectivity index (χ3n) is 2.65. The number of sulfonamides is 1. The van der Waals surface area contributed by atoms with E-state index in [0.717, 1.165) is 36.4 Å². The molecule has 0 aliphatic rings. The molecule has 116 valence electrons. The average Bonchev–Trinajstić information content (AvgIpc) is 2.42. The molecule has 0 aliphatic heterocycles. The van der Waals surface area contributed by atoms with Gasteiger partial charge in [0.2, 0.25) is 5.91 Å². The summed E-state index contributed by atoms with van der Waals surface area (Å²) in [6.45, 7) is 1.27. The SMILES string of the molecule is CC(=O)Nc1ccc(F)c(NS(=O)(=O)c2ccc(F)cc2)c1. The minimum Gasteiger partial charge on any atom is -0.326 e. The summed E-state index contributed by atoms with van der Waals surface area (Å²) < 4.78 is 52.8. The molecule has 22 heavy (non-hydrogen) atoms. The molecule has 2 rings (SSSR count). The average molecular weight is 326 g/mol. The number of rotatable bonds is 4. The summed E-state index contributed by atoms with van der Waals surface area (Å²) in [5.41, 5.74) is -0.0821. The Morgan fingerprint density at radius 2 is 1.68 bits per heavy atom. The predicted octanol–water partition coefficient (Wildman–Crippen LogP) is 2.72. The first kappa shape index (κ1) is 15.9. The third kappa shape index (κ3) is 3.79. The molecule has 0 atom stereocenters. The van der Waals surface area contributed by atoms with Crippen molar-refractivity contribution in [2.75, 3.05) is 10.0 Å². The van der Waals surface area contributed by atoms with Gasteiger partial charge in [-0.15, -0.1) is 0 Å². The maximum absolute atomic E-state index is 13.7. The van der Waals surface area contributed by atoms with Crippen molar-refractivity contribution in [2.24, 2.45) is 0 Å². The Hall–Kier alpha value is -2.48. The molecule has 0 aliphatic carbocycles. The van der Waals surface area contributed by atoms with Crippen LogP contribution in [0.5, 0.6) is 0 Å². The third-order valence-corrected chi connectivity index (χ3v) is 4.04. The van der Waals surface area contributed by atoms with Gasteiger partial charge in [-0.2, -0.15) is 0 Å². The highest BCUT2D eigenvalue weighted by molar-refractivity contribution is 7.92. The second kappa shape index (κ2) is 6.10. The van der Waals surface area contributed by atoms with Gasteiger partial charge in [0.1, 0.15) is 11.6 Å². The van der Waals surface area contributed by atoms with Crippen LogP contribution in [0.25, 0.3) is 0 Å². The van der Waals surface area contributed by atoms with Crippen molar-refractivity contribution in [2.45, 2.75) is 11.8 Å². The maximum Gasteiger partial charge on any atom is 0.261 e. The van der Waals surface area contributed by atoms with Crippen LogP contribution >= 0.6 is 0 Å². The van der Waals surface area contributed by atoms with Crippen LogP contribution in [0, 0.1) is 11.6 Å². The highest BCUT2D eigenvalue weighted by Gasteiger charge is 2.17. The summed E-state index contributed by atoms with van der Waals surface area (Å²) in [4.78, 5) is 10.8. The summed E-state index contributed by atoms with van der Waals surface area (Å²) in [5.74, 6) is -1.77. The smallest absolute Gasteiger partial charge is 0.261 e. The van der Waals surface area contributed by atoms with E-state index in [1.807, 2.05) is 0 Å². The van der Waals surface area contributed by atoms with E-state index >= 15 is 0 Å². The Kier molecular flexibility index (Phi) is 4.41. The molecule has 0 saturated carbocycles. The lowest BCUT2D eigenvalue weighted by atomic mass is 10.2. The molecule has 2 aromatic rings. The van der Waals surface area contributed by atoms with Crippen LogP contribution in [0.15, 0.2) is 47.4 Å². The molecular weight excluding hydrogens is 314 g/mol. The summed E-state index contributed by atoms with van der Waals surface area (Å²) in [6, 6.07) is 7.57. The molecular formula is C14H12F2N2O3S. The van der Waals surface area contributed by atoms with Crippen LogP contribution in [0.2, 0.25) is 0 Å². The molecule has 0 aromatic heterocycles. The molecule has 8 heteroatoms. The maximum atomic E-state index is 13.7. The quantitative estimate of drug-likeness (QED) is 0.907. The number of carbonyl (C=O) groups excluding carboxylic acids is 1. The Morgan fingerprint density at radius 1 is 1.05 bits per heavy atom. The van der Waals surface area contributed by atoms with Crippen molar-refractivity contribution < 1.29 is 22.0 Å². The first-order valence-electron chi connectivity index (χ1n) is 6.13. The summed E-state index contributed by atoms with van der Waals surface area (Å²) >= 11 is 0.